The molecule has 6 heteroatoms. The second-order valence-electron chi connectivity index (χ2n) is 6.86. The Bertz CT molecular complexity index is 808. The van der Waals surface area contributed by atoms with Crippen molar-refractivity contribution in [2.24, 2.45) is 0 Å². The van der Waals surface area contributed by atoms with Crippen molar-refractivity contribution in [2.45, 2.75) is 33.2 Å². The van der Waals surface area contributed by atoms with Gasteiger partial charge in [0.2, 0.25) is 5.91 Å². The van der Waals surface area contributed by atoms with E-state index in [1.54, 1.807) is 6.92 Å². The van der Waals surface area contributed by atoms with Crippen LogP contribution < -0.4 is 5.56 Å². The van der Waals surface area contributed by atoms with Crippen molar-refractivity contribution in [1.29, 1.82) is 0 Å². The number of H-pyrrole nitrogens is 1. The van der Waals surface area contributed by atoms with Crippen molar-refractivity contribution in [3.63, 3.8) is 0 Å². The van der Waals surface area contributed by atoms with Gasteiger partial charge in [0, 0.05) is 50.4 Å². The molecule has 0 spiro atoms. The number of piperazine rings is 1. The third kappa shape index (κ3) is 4.58. The number of hydrogen-bond acceptors (Lipinski definition) is 4. The second-order valence-corrected chi connectivity index (χ2v) is 6.86. The zero-order chi connectivity index (χ0) is 18.5. The average molecular weight is 354 g/mol. The third-order valence-electron chi connectivity index (χ3n) is 4.90. The second kappa shape index (κ2) is 8.27. The van der Waals surface area contributed by atoms with Crippen LogP contribution in [0.1, 0.15) is 29.1 Å². The molecule has 0 bridgehead atoms. The maximum Gasteiger partial charge on any atom is 0.254 e. The van der Waals surface area contributed by atoms with Crippen molar-refractivity contribution >= 4 is 5.91 Å². The van der Waals surface area contributed by atoms with E-state index in [2.05, 4.69) is 39.1 Å². The van der Waals surface area contributed by atoms with Gasteiger partial charge < -0.3 is 9.88 Å². The molecule has 26 heavy (non-hydrogen) atoms. The third-order valence-corrected chi connectivity index (χ3v) is 4.90. The molecule has 0 aliphatic carbocycles. The van der Waals surface area contributed by atoms with E-state index in [0.29, 0.717) is 29.9 Å². The van der Waals surface area contributed by atoms with Crippen molar-refractivity contribution in [2.75, 3.05) is 26.2 Å². The number of aromatic nitrogens is 2. The summed E-state index contributed by atoms with van der Waals surface area (Å²) in [6.45, 7) is 7.76. The fourth-order valence-electron chi connectivity index (χ4n) is 3.43. The monoisotopic (exact) mass is 354 g/mol. The molecular weight excluding hydrogens is 328 g/mol. The Morgan fingerprint density at radius 3 is 2.46 bits per heavy atom. The van der Waals surface area contributed by atoms with Crippen molar-refractivity contribution in [1.82, 2.24) is 19.8 Å². The lowest BCUT2D eigenvalue weighted by Crippen LogP contribution is -2.48. The molecule has 0 atom stereocenters. The van der Waals surface area contributed by atoms with E-state index in [4.69, 9.17) is 0 Å². The standard InChI is InChI=1S/C20H26N4O2/c1-15-18(20(26)22-16(2)21-15)8-9-19(25)24-12-10-23(11-13-24)14-17-6-4-3-5-7-17/h3-7H,8-14H2,1-2H3,(H,21,22,26). The Morgan fingerprint density at radius 2 is 1.81 bits per heavy atom. The largest absolute Gasteiger partial charge is 0.340 e. The number of amides is 1. The van der Waals surface area contributed by atoms with Crippen LogP contribution in [0.3, 0.4) is 0 Å². The maximum atomic E-state index is 12.5. The number of nitrogens with zero attached hydrogens (tertiary/aromatic N) is 3. The van der Waals surface area contributed by atoms with Crippen LogP contribution in [-0.2, 0) is 17.8 Å². The highest BCUT2D eigenvalue weighted by atomic mass is 16.2. The number of aryl methyl sites for hydroxylation is 2. The van der Waals surface area contributed by atoms with E-state index >= 15 is 0 Å². The van der Waals surface area contributed by atoms with Crippen LogP contribution in [0.5, 0.6) is 0 Å². The minimum Gasteiger partial charge on any atom is -0.340 e. The lowest BCUT2D eigenvalue weighted by atomic mass is 10.1. The molecule has 1 aromatic heterocycles. The van der Waals surface area contributed by atoms with E-state index in [-0.39, 0.29) is 11.5 Å². The van der Waals surface area contributed by atoms with Gasteiger partial charge in [-0.15, -0.1) is 0 Å². The smallest absolute Gasteiger partial charge is 0.254 e. The minimum atomic E-state index is -0.129. The number of hydrogen-bond donors (Lipinski definition) is 1. The minimum absolute atomic E-state index is 0.115. The SMILES string of the molecule is Cc1nc(C)c(CCC(=O)N2CCN(Cc3ccccc3)CC2)c(=O)[nH]1. The van der Waals surface area contributed by atoms with Crippen LogP contribution in [0, 0.1) is 13.8 Å². The summed E-state index contributed by atoms with van der Waals surface area (Å²) in [6, 6.07) is 10.4. The molecule has 1 amide bonds. The van der Waals surface area contributed by atoms with Crippen molar-refractivity contribution in [3.05, 3.63) is 63.3 Å². The molecule has 1 aliphatic rings. The van der Waals surface area contributed by atoms with E-state index < -0.39 is 0 Å². The summed E-state index contributed by atoms with van der Waals surface area (Å²) in [4.78, 5) is 35.8. The molecule has 1 aliphatic heterocycles. The summed E-state index contributed by atoms with van der Waals surface area (Å²) in [5, 5.41) is 0. The lowest BCUT2D eigenvalue weighted by molar-refractivity contribution is -0.133. The molecular formula is C20H26N4O2. The zero-order valence-electron chi connectivity index (χ0n) is 15.5. The summed E-state index contributed by atoms with van der Waals surface area (Å²) < 4.78 is 0. The van der Waals surface area contributed by atoms with Gasteiger partial charge >= 0.3 is 0 Å². The van der Waals surface area contributed by atoms with E-state index in [1.165, 1.54) is 5.56 Å². The molecule has 1 saturated heterocycles. The van der Waals surface area contributed by atoms with Crippen LogP contribution in [0.25, 0.3) is 0 Å². The normalized spacial score (nSPS) is 15.2. The van der Waals surface area contributed by atoms with Crippen LogP contribution in [-0.4, -0.2) is 51.9 Å². The van der Waals surface area contributed by atoms with E-state index in [0.717, 1.165) is 32.7 Å². The Balaban J connectivity index is 1.49. The first-order chi connectivity index (χ1) is 12.5. The summed E-state index contributed by atoms with van der Waals surface area (Å²) >= 11 is 0. The average Bonchev–Trinajstić information content (AvgIpc) is 2.62. The zero-order valence-corrected chi connectivity index (χ0v) is 15.5. The van der Waals surface area contributed by atoms with Crippen LogP contribution in [0.4, 0.5) is 0 Å². The van der Waals surface area contributed by atoms with Crippen molar-refractivity contribution in [3.8, 4) is 0 Å². The van der Waals surface area contributed by atoms with Gasteiger partial charge in [-0.05, 0) is 25.8 Å². The highest BCUT2D eigenvalue weighted by Gasteiger charge is 2.21. The molecule has 0 radical (unpaired) electrons. The van der Waals surface area contributed by atoms with Gasteiger partial charge in [0.15, 0.2) is 0 Å². The summed E-state index contributed by atoms with van der Waals surface area (Å²) in [6.07, 6.45) is 0.796. The molecule has 0 saturated carbocycles. The van der Waals surface area contributed by atoms with Gasteiger partial charge in [0.05, 0.1) is 0 Å². The number of carbonyl (C=O) groups excluding carboxylic acids is 1. The number of aromatic amines is 1. The Hall–Kier alpha value is -2.47. The molecule has 6 nitrogen and oxygen atoms in total. The van der Waals surface area contributed by atoms with Crippen LogP contribution in [0.2, 0.25) is 0 Å². The van der Waals surface area contributed by atoms with Crippen molar-refractivity contribution < 1.29 is 4.79 Å². The van der Waals surface area contributed by atoms with Crippen LogP contribution in [0.15, 0.2) is 35.1 Å². The number of nitrogens with one attached hydrogen (secondary N) is 1. The predicted molar refractivity (Wildman–Crippen MR) is 101 cm³/mol. The fraction of sp³-hybridized carbons (Fsp3) is 0.450. The summed E-state index contributed by atoms with van der Waals surface area (Å²) in [5.74, 6) is 0.723. The number of carbonyl (C=O) groups is 1. The van der Waals surface area contributed by atoms with Gasteiger partial charge in [-0.25, -0.2) is 4.98 Å². The summed E-state index contributed by atoms with van der Waals surface area (Å²) in [5.41, 5.74) is 2.50. The Labute approximate surface area is 153 Å². The number of benzene rings is 1. The Kier molecular flexibility index (Phi) is 5.83. The highest BCUT2D eigenvalue weighted by Crippen LogP contribution is 2.10. The Morgan fingerprint density at radius 1 is 1.12 bits per heavy atom. The summed E-state index contributed by atoms with van der Waals surface area (Å²) in [7, 11) is 0. The predicted octanol–water partition coefficient (Wildman–Crippen LogP) is 1.66. The molecule has 0 unspecified atom stereocenters. The van der Waals surface area contributed by atoms with Gasteiger partial charge in [-0.2, -0.15) is 0 Å². The first-order valence-corrected chi connectivity index (χ1v) is 9.13. The lowest BCUT2D eigenvalue weighted by Gasteiger charge is -2.34. The van der Waals surface area contributed by atoms with Gasteiger partial charge in [-0.3, -0.25) is 14.5 Å². The molecule has 1 N–H and O–H groups in total. The first-order valence-electron chi connectivity index (χ1n) is 9.13. The molecule has 3 rings (SSSR count). The van der Waals surface area contributed by atoms with E-state index in [9.17, 15) is 9.59 Å². The number of rotatable bonds is 5. The quantitative estimate of drug-likeness (QED) is 0.887. The first kappa shape index (κ1) is 18.3. The maximum absolute atomic E-state index is 12.5. The van der Waals surface area contributed by atoms with Gasteiger partial charge in [0.1, 0.15) is 5.82 Å². The highest BCUT2D eigenvalue weighted by molar-refractivity contribution is 5.76. The fourth-order valence-corrected chi connectivity index (χ4v) is 3.43. The van der Waals surface area contributed by atoms with Crippen LogP contribution >= 0.6 is 0 Å². The van der Waals surface area contributed by atoms with Gasteiger partial charge in [0.25, 0.3) is 5.56 Å². The van der Waals surface area contributed by atoms with E-state index in [1.807, 2.05) is 17.9 Å². The molecule has 1 aromatic carbocycles. The molecule has 2 heterocycles. The topological polar surface area (TPSA) is 69.3 Å². The van der Waals surface area contributed by atoms with Gasteiger partial charge in [-0.1, -0.05) is 30.3 Å². The molecule has 2 aromatic rings. The molecule has 138 valence electrons. The molecule has 1 fully saturated rings.